The number of rotatable bonds is 1. The molecule has 2 aromatic carbocycles. The van der Waals surface area contributed by atoms with Crippen LogP contribution in [0.25, 0.3) is 10.9 Å². The highest BCUT2D eigenvalue weighted by Gasteiger charge is 2.22. The number of likely N-dealkylation sites (N-methyl/N-ethyl adjacent to an activating group) is 1. The van der Waals surface area contributed by atoms with Crippen LogP contribution in [0.15, 0.2) is 47.3 Å². The van der Waals surface area contributed by atoms with Gasteiger partial charge in [-0.05, 0) is 56.9 Å². The van der Waals surface area contributed by atoms with Crippen molar-refractivity contribution in [1.29, 1.82) is 0 Å². The Morgan fingerprint density at radius 3 is 2.67 bits per heavy atom. The van der Waals surface area contributed by atoms with E-state index in [2.05, 4.69) is 16.7 Å². The molecule has 4 nitrogen and oxygen atoms in total. The van der Waals surface area contributed by atoms with Gasteiger partial charge in [-0.15, -0.1) is 0 Å². The number of hydrogen-bond donors (Lipinski definition) is 0. The minimum atomic E-state index is -0.308. The third-order valence-electron chi connectivity index (χ3n) is 5.03. The summed E-state index contributed by atoms with van der Waals surface area (Å²) in [5.41, 5.74) is 2.04. The number of halogens is 1. The summed E-state index contributed by atoms with van der Waals surface area (Å²) >= 11 is 0. The minimum Gasteiger partial charge on any atom is -0.305 e. The lowest BCUT2D eigenvalue weighted by molar-refractivity contribution is 0.226. The normalized spacial score (nSPS) is 16.1. The van der Waals surface area contributed by atoms with E-state index in [1.54, 1.807) is 22.8 Å². The van der Waals surface area contributed by atoms with Crippen LogP contribution < -0.4 is 5.56 Å². The average molecular weight is 361 g/mol. The summed E-state index contributed by atoms with van der Waals surface area (Å²) in [4.78, 5) is 19.8. The SMILES string of the molecule is CN(C)C1CCc2nc3cc(C#Cc4cccc(F)c4)ccc3c(=O)n2C1. The van der Waals surface area contributed by atoms with Gasteiger partial charge in [0, 0.05) is 30.1 Å². The van der Waals surface area contributed by atoms with Gasteiger partial charge in [-0.3, -0.25) is 9.36 Å². The Hall–Kier alpha value is -2.97. The van der Waals surface area contributed by atoms with E-state index in [1.165, 1.54) is 12.1 Å². The molecule has 0 bridgehead atoms. The fraction of sp³-hybridized carbons (Fsp3) is 0.273. The summed E-state index contributed by atoms with van der Waals surface area (Å²) in [5, 5.41) is 0.606. The largest absolute Gasteiger partial charge is 0.305 e. The molecule has 4 rings (SSSR count). The van der Waals surface area contributed by atoms with Crippen molar-refractivity contribution >= 4 is 10.9 Å². The van der Waals surface area contributed by atoms with Gasteiger partial charge in [0.05, 0.1) is 10.9 Å². The molecular weight excluding hydrogens is 341 g/mol. The molecule has 1 atom stereocenters. The lowest BCUT2D eigenvalue weighted by Crippen LogP contribution is -2.41. The van der Waals surface area contributed by atoms with Crippen molar-refractivity contribution < 1.29 is 4.39 Å². The van der Waals surface area contributed by atoms with Crippen molar-refractivity contribution in [3.8, 4) is 11.8 Å². The Balaban J connectivity index is 1.72. The lowest BCUT2D eigenvalue weighted by Gasteiger charge is -2.30. The molecule has 5 heteroatoms. The first kappa shape index (κ1) is 17.4. The molecule has 1 aromatic heterocycles. The topological polar surface area (TPSA) is 38.1 Å². The maximum Gasteiger partial charge on any atom is 0.261 e. The monoisotopic (exact) mass is 361 g/mol. The first-order valence-electron chi connectivity index (χ1n) is 8.99. The van der Waals surface area contributed by atoms with E-state index < -0.39 is 0 Å². The zero-order valence-corrected chi connectivity index (χ0v) is 15.4. The Bertz CT molecular complexity index is 1140. The molecule has 3 aromatic rings. The molecule has 27 heavy (non-hydrogen) atoms. The van der Waals surface area contributed by atoms with Gasteiger partial charge in [0.2, 0.25) is 0 Å². The van der Waals surface area contributed by atoms with Crippen molar-refractivity contribution in [1.82, 2.24) is 14.5 Å². The van der Waals surface area contributed by atoms with Crippen LogP contribution in [-0.2, 0) is 13.0 Å². The zero-order valence-electron chi connectivity index (χ0n) is 15.4. The standard InChI is InChI=1S/C22H20FN3O/c1-25(2)18-9-11-21-24-20-13-16(7-6-15-4-3-5-17(23)12-15)8-10-19(20)22(27)26(21)14-18/h3-5,8,10,12-13,18H,9,11,14H2,1-2H3. The van der Waals surface area contributed by atoms with E-state index in [4.69, 9.17) is 4.98 Å². The Kier molecular flexibility index (Phi) is 4.51. The van der Waals surface area contributed by atoms with Crippen molar-refractivity contribution in [3.63, 3.8) is 0 Å². The van der Waals surface area contributed by atoms with Crippen LogP contribution in [-0.4, -0.2) is 34.6 Å². The summed E-state index contributed by atoms with van der Waals surface area (Å²) in [6.45, 7) is 0.672. The molecule has 0 amide bonds. The van der Waals surface area contributed by atoms with E-state index in [1.807, 2.05) is 26.2 Å². The fourth-order valence-electron chi connectivity index (χ4n) is 3.45. The summed E-state index contributed by atoms with van der Waals surface area (Å²) in [6.07, 6.45) is 1.78. The van der Waals surface area contributed by atoms with Crippen molar-refractivity contribution in [2.75, 3.05) is 14.1 Å². The average Bonchev–Trinajstić information content (AvgIpc) is 2.66. The van der Waals surface area contributed by atoms with Crippen molar-refractivity contribution in [2.45, 2.75) is 25.4 Å². The predicted molar refractivity (Wildman–Crippen MR) is 104 cm³/mol. The maximum absolute atomic E-state index is 13.3. The molecule has 0 radical (unpaired) electrons. The van der Waals surface area contributed by atoms with Gasteiger partial charge in [-0.1, -0.05) is 17.9 Å². The first-order valence-corrected chi connectivity index (χ1v) is 8.99. The Labute approximate surface area is 157 Å². The van der Waals surface area contributed by atoms with E-state index in [0.29, 0.717) is 29.1 Å². The minimum absolute atomic E-state index is 0.00573. The van der Waals surface area contributed by atoms with Gasteiger partial charge in [0.15, 0.2) is 0 Å². The molecule has 0 saturated heterocycles. The van der Waals surface area contributed by atoms with E-state index in [0.717, 1.165) is 24.2 Å². The molecule has 0 fully saturated rings. The predicted octanol–water partition coefficient (Wildman–Crippen LogP) is 2.81. The molecule has 1 aliphatic rings. The lowest BCUT2D eigenvalue weighted by atomic mass is 10.0. The summed E-state index contributed by atoms with van der Waals surface area (Å²) < 4.78 is 15.1. The smallest absolute Gasteiger partial charge is 0.261 e. The van der Waals surface area contributed by atoms with Crippen LogP contribution in [0.4, 0.5) is 4.39 Å². The Morgan fingerprint density at radius 2 is 1.93 bits per heavy atom. The molecule has 136 valence electrons. The van der Waals surface area contributed by atoms with Crippen LogP contribution in [0.2, 0.25) is 0 Å². The first-order chi connectivity index (χ1) is 13.0. The molecule has 0 aliphatic carbocycles. The van der Waals surface area contributed by atoms with Gasteiger partial charge in [-0.25, -0.2) is 9.37 Å². The fourth-order valence-corrected chi connectivity index (χ4v) is 3.45. The van der Waals surface area contributed by atoms with Gasteiger partial charge in [0.25, 0.3) is 5.56 Å². The molecule has 0 spiro atoms. The number of hydrogen-bond acceptors (Lipinski definition) is 3. The summed E-state index contributed by atoms with van der Waals surface area (Å²) in [5.74, 6) is 6.51. The van der Waals surface area contributed by atoms with E-state index in [-0.39, 0.29) is 11.4 Å². The highest BCUT2D eigenvalue weighted by molar-refractivity contribution is 5.79. The third kappa shape index (κ3) is 3.49. The van der Waals surface area contributed by atoms with Crippen LogP contribution >= 0.6 is 0 Å². The van der Waals surface area contributed by atoms with E-state index >= 15 is 0 Å². The number of aryl methyl sites for hydroxylation is 1. The molecule has 2 heterocycles. The maximum atomic E-state index is 13.3. The molecule has 0 N–H and O–H groups in total. The number of nitrogens with zero attached hydrogens (tertiary/aromatic N) is 3. The molecular formula is C22H20FN3O. The van der Waals surface area contributed by atoms with Crippen molar-refractivity contribution in [3.05, 3.63) is 75.6 Å². The summed E-state index contributed by atoms with van der Waals surface area (Å²) in [7, 11) is 4.08. The number of benzene rings is 2. The van der Waals surface area contributed by atoms with Gasteiger partial charge >= 0.3 is 0 Å². The highest BCUT2D eigenvalue weighted by atomic mass is 19.1. The van der Waals surface area contributed by atoms with E-state index in [9.17, 15) is 9.18 Å². The third-order valence-corrected chi connectivity index (χ3v) is 5.03. The van der Waals surface area contributed by atoms with Gasteiger partial charge in [-0.2, -0.15) is 0 Å². The quantitative estimate of drug-likeness (QED) is 0.626. The van der Waals surface area contributed by atoms with Gasteiger partial charge in [0.1, 0.15) is 11.6 Å². The van der Waals surface area contributed by atoms with Crippen LogP contribution in [0.3, 0.4) is 0 Å². The summed E-state index contributed by atoms with van der Waals surface area (Å²) in [6, 6.07) is 12.0. The van der Waals surface area contributed by atoms with Crippen LogP contribution in [0, 0.1) is 17.7 Å². The van der Waals surface area contributed by atoms with Crippen molar-refractivity contribution in [2.24, 2.45) is 0 Å². The Morgan fingerprint density at radius 1 is 1.15 bits per heavy atom. The zero-order chi connectivity index (χ0) is 19.0. The van der Waals surface area contributed by atoms with Gasteiger partial charge < -0.3 is 4.90 Å². The second-order valence-corrected chi connectivity index (χ2v) is 7.09. The number of fused-ring (bicyclic) bond motifs is 2. The van der Waals surface area contributed by atoms with Crippen LogP contribution in [0.1, 0.15) is 23.4 Å². The molecule has 1 aliphatic heterocycles. The molecule has 0 saturated carbocycles. The molecule has 1 unspecified atom stereocenters. The second kappa shape index (κ2) is 6.98. The number of aromatic nitrogens is 2. The highest BCUT2D eigenvalue weighted by Crippen LogP contribution is 2.18. The van der Waals surface area contributed by atoms with Crippen LogP contribution in [0.5, 0.6) is 0 Å². The second-order valence-electron chi connectivity index (χ2n) is 7.09.